The van der Waals surface area contributed by atoms with E-state index in [9.17, 15) is 9.18 Å². The first-order chi connectivity index (χ1) is 15.7. The van der Waals surface area contributed by atoms with Crippen molar-refractivity contribution in [1.82, 2.24) is 4.90 Å². The van der Waals surface area contributed by atoms with E-state index in [1.54, 1.807) is 4.90 Å². The van der Waals surface area contributed by atoms with E-state index in [1.165, 1.54) is 5.69 Å². The largest absolute Gasteiger partial charge is 0.375 e. The second kappa shape index (κ2) is 14.0. The maximum Gasteiger partial charge on any atom is 0.267 e. The third-order valence-electron chi connectivity index (χ3n) is 5.41. The van der Waals surface area contributed by atoms with Crippen LogP contribution in [0.2, 0.25) is 0 Å². The smallest absolute Gasteiger partial charge is 0.267 e. The van der Waals surface area contributed by atoms with Crippen LogP contribution in [0.4, 0.5) is 15.8 Å². The Hall–Kier alpha value is -1.51. The van der Waals surface area contributed by atoms with Crippen LogP contribution in [0.3, 0.4) is 0 Å². The van der Waals surface area contributed by atoms with Gasteiger partial charge in [-0.25, -0.2) is 4.39 Å². The zero-order valence-corrected chi connectivity index (χ0v) is 21.8. The number of hydrogen-bond donors (Lipinski definition) is 1. The summed E-state index contributed by atoms with van der Waals surface area (Å²) in [5.41, 5.74) is 6.25. The lowest BCUT2D eigenvalue weighted by Gasteiger charge is -2.33. The fourth-order valence-corrected chi connectivity index (χ4v) is 4.62. The highest BCUT2D eigenvalue weighted by Gasteiger charge is 2.29. The Morgan fingerprint density at radius 1 is 1.06 bits per heavy atom. The quantitative estimate of drug-likeness (QED) is 0.665. The molecule has 1 aromatic carbocycles. The second-order valence-corrected chi connectivity index (χ2v) is 10.8. The van der Waals surface area contributed by atoms with Gasteiger partial charge in [-0.2, -0.15) is 0 Å². The van der Waals surface area contributed by atoms with E-state index in [4.69, 9.17) is 10.5 Å². The number of hydrogen-bond acceptors (Lipinski definition) is 6. The van der Waals surface area contributed by atoms with Crippen LogP contribution in [-0.4, -0.2) is 80.6 Å². The Labute approximate surface area is 204 Å². The van der Waals surface area contributed by atoms with Gasteiger partial charge in [0.2, 0.25) is 5.50 Å². The van der Waals surface area contributed by atoms with Gasteiger partial charge in [-0.05, 0) is 43.0 Å². The Bertz CT molecular complexity index is 703. The summed E-state index contributed by atoms with van der Waals surface area (Å²) in [7, 11) is 0. The van der Waals surface area contributed by atoms with Crippen molar-refractivity contribution in [1.29, 1.82) is 0 Å². The van der Waals surface area contributed by atoms with Gasteiger partial charge in [0.1, 0.15) is 0 Å². The third-order valence-corrected chi connectivity index (χ3v) is 6.38. The zero-order chi connectivity index (χ0) is 24.4. The van der Waals surface area contributed by atoms with Crippen molar-refractivity contribution in [3.8, 4) is 0 Å². The predicted octanol–water partition coefficient (Wildman–Crippen LogP) is 3.85. The van der Waals surface area contributed by atoms with E-state index < -0.39 is 11.4 Å². The molecule has 33 heavy (non-hydrogen) atoms. The van der Waals surface area contributed by atoms with E-state index >= 15 is 0 Å². The molecule has 3 rings (SSSR count). The lowest BCUT2D eigenvalue weighted by atomic mass is 10.1. The number of carbonyl (C=O) groups excluding carboxylic acids is 1. The van der Waals surface area contributed by atoms with Crippen molar-refractivity contribution in [2.75, 3.05) is 68.0 Å². The minimum atomic E-state index is -1.52. The van der Waals surface area contributed by atoms with E-state index in [-0.39, 0.29) is 12.0 Å². The molecule has 1 amide bonds. The summed E-state index contributed by atoms with van der Waals surface area (Å²) in [5, 5.41) is 0. The van der Waals surface area contributed by atoms with Gasteiger partial charge in [-0.3, -0.25) is 4.79 Å². The van der Waals surface area contributed by atoms with Gasteiger partial charge >= 0.3 is 0 Å². The molecule has 8 heteroatoms. The molecule has 2 fully saturated rings. The maximum atomic E-state index is 14.2. The average molecular weight is 483 g/mol. The van der Waals surface area contributed by atoms with Gasteiger partial charge in [0.05, 0.1) is 12.7 Å². The standard InChI is InChI=1S/C21H33FN4O2S.C4H10/c1-16-13-24(8-9-26(14-16)21(27)20(22)29-12-7-23)18-3-5-19(6-4-18)25-10-11-28-17(2)15-25;1-4(2)3/h3-6,16-17,20H,7-15,23H2,1-2H3;4H,1-3H3. The summed E-state index contributed by atoms with van der Waals surface area (Å²) in [6, 6.07) is 8.61. The molecule has 2 N–H and O–H groups in total. The molecular formula is C25H43FN4O2S. The Morgan fingerprint density at radius 3 is 2.18 bits per heavy atom. The van der Waals surface area contributed by atoms with Crippen LogP contribution in [-0.2, 0) is 9.53 Å². The normalized spacial score (nSPS) is 22.5. The van der Waals surface area contributed by atoms with Gasteiger partial charge in [0, 0.05) is 62.9 Å². The number of nitrogens with two attached hydrogens (primary N) is 1. The van der Waals surface area contributed by atoms with Gasteiger partial charge in [0.25, 0.3) is 5.91 Å². The molecule has 0 bridgehead atoms. The van der Waals surface area contributed by atoms with Gasteiger partial charge < -0.3 is 25.2 Å². The average Bonchev–Trinajstić information content (AvgIpc) is 2.98. The molecule has 0 saturated carbocycles. The number of amides is 1. The first-order valence-corrected chi connectivity index (χ1v) is 13.2. The SMILES string of the molecule is CC(C)C.CC1CN(C(=O)C(F)SCCN)CCN(c2ccc(N3CCOC(C)C3)cc2)C1. The fraction of sp³-hybridized carbons (Fsp3) is 0.720. The van der Waals surface area contributed by atoms with Crippen molar-refractivity contribution in [2.24, 2.45) is 17.6 Å². The highest BCUT2D eigenvalue weighted by atomic mass is 32.2. The first kappa shape index (κ1) is 27.7. The highest BCUT2D eigenvalue weighted by Crippen LogP contribution is 2.25. The van der Waals surface area contributed by atoms with Crippen molar-refractivity contribution in [2.45, 2.75) is 46.2 Å². The predicted molar refractivity (Wildman–Crippen MR) is 139 cm³/mol. The van der Waals surface area contributed by atoms with Crippen LogP contribution in [0.15, 0.2) is 24.3 Å². The summed E-state index contributed by atoms with van der Waals surface area (Å²) in [4.78, 5) is 18.8. The Morgan fingerprint density at radius 2 is 1.64 bits per heavy atom. The van der Waals surface area contributed by atoms with Crippen molar-refractivity contribution >= 4 is 29.0 Å². The molecule has 6 nitrogen and oxygen atoms in total. The van der Waals surface area contributed by atoms with Gasteiger partial charge in [-0.15, -0.1) is 11.8 Å². The van der Waals surface area contributed by atoms with E-state index in [2.05, 4.69) is 68.7 Å². The summed E-state index contributed by atoms with van der Waals surface area (Å²) in [5.74, 6) is 1.14. The Kier molecular flexibility index (Phi) is 11.8. The molecule has 188 valence electrons. The van der Waals surface area contributed by atoms with Crippen molar-refractivity contribution in [3.05, 3.63) is 24.3 Å². The van der Waals surface area contributed by atoms with Gasteiger partial charge in [-0.1, -0.05) is 27.7 Å². The second-order valence-electron chi connectivity index (χ2n) is 9.69. The molecule has 0 aromatic heterocycles. The van der Waals surface area contributed by atoms with E-state index in [0.29, 0.717) is 31.9 Å². The third kappa shape index (κ3) is 9.33. The number of benzene rings is 1. The number of rotatable bonds is 6. The summed E-state index contributed by atoms with van der Waals surface area (Å²) < 4.78 is 19.8. The van der Waals surface area contributed by atoms with Crippen LogP contribution in [0.5, 0.6) is 0 Å². The zero-order valence-electron chi connectivity index (χ0n) is 21.0. The molecule has 0 spiro atoms. The Balaban J connectivity index is 0.000000890. The summed E-state index contributed by atoms with van der Waals surface area (Å²) in [6.07, 6.45) is 0.251. The van der Waals surface area contributed by atoms with Crippen LogP contribution >= 0.6 is 11.8 Å². The number of halogens is 1. The van der Waals surface area contributed by atoms with Crippen LogP contribution in [0.25, 0.3) is 0 Å². The van der Waals surface area contributed by atoms with E-state index in [1.807, 2.05) is 0 Å². The van der Waals surface area contributed by atoms with Crippen molar-refractivity contribution in [3.63, 3.8) is 0 Å². The number of nitrogens with zero attached hydrogens (tertiary/aromatic N) is 3. The molecule has 2 aliphatic heterocycles. The number of ether oxygens (including phenoxy) is 1. The molecule has 0 radical (unpaired) electrons. The molecule has 2 heterocycles. The number of alkyl halides is 1. The summed E-state index contributed by atoms with van der Waals surface area (Å²) in [6.45, 7) is 16.3. The number of anilines is 2. The maximum absolute atomic E-state index is 14.2. The molecular weight excluding hydrogens is 439 g/mol. The number of carbonyl (C=O) groups is 1. The molecule has 0 aliphatic carbocycles. The molecule has 3 unspecified atom stereocenters. The molecule has 3 atom stereocenters. The molecule has 1 aromatic rings. The van der Waals surface area contributed by atoms with Gasteiger partial charge in [0.15, 0.2) is 0 Å². The minimum Gasteiger partial charge on any atom is -0.375 e. The van der Waals surface area contributed by atoms with Crippen LogP contribution in [0, 0.1) is 11.8 Å². The topological polar surface area (TPSA) is 62.0 Å². The number of morpholine rings is 1. The fourth-order valence-electron chi connectivity index (χ4n) is 3.98. The molecule has 2 saturated heterocycles. The van der Waals surface area contributed by atoms with E-state index in [0.717, 1.165) is 49.6 Å². The van der Waals surface area contributed by atoms with Crippen molar-refractivity contribution < 1.29 is 13.9 Å². The first-order valence-electron chi connectivity index (χ1n) is 12.2. The summed E-state index contributed by atoms with van der Waals surface area (Å²) >= 11 is 0.989. The minimum absolute atomic E-state index is 0.251. The number of thioether (sulfide) groups is 1. The lowest BCUT2D eigenvalue weighted by Crippen LogP contribution is -2.41. The monoisotopic (exact) mass is 482 g/mol. The molecule has 2 aliphatic rings. The lowest BCUT2D eigenvalue weighted by molar-refractivity contribution is -0.133. The van der Waals surface area contributed by atoms with Crippen LogP contribution < -0.4 is 15.5 Å². The van der Waals surface area contributed by atoms with Crippen LogP contribution in [0.1, 0.15) is 34.6 Å². The highest BCUT2D eigenvalue weighted by molar-refractivity contribution is 8.00.